The first-order valence-corrected chi connectivity index (χ1v) is 15.3. The van der Waals surface area contributed by atoms with Crippen LogP contribution in [0, 0.1) is 26.2 Å². The predicted octanol–water partition coefficient (Wildman–Crippen LogP) is 9.74. The molecule has 4 nitrogen and oxygen atoms in total. The summed E-state index contributed by atoms with van der Waals surface area (Å²) in [6.07, 6.45) is 5.48. The Morgan fingerprint density at radius 3 is 2.33 bits per heavy atom. The van der Waals surface area contributed by atoms with E-state index in [1.54, 1.807) is 0 Å². The summed E-state index contributed by atoms with van der Waals surface area (Å²) in [6, 6.07) is 42.2. The fourth-order valence-corrected chi connectivity index (χ4v) is 7.25. The second kappa shape index (κ2) is 10.0. The molecule has 0 saturated heterocycles. The van der Waals surface area contributed by atoms with E-state index in [1.807, 2.05) is 48.5 Å². The predicted molar refractivity (Wildman–Crippen MR) is 181 cm³/mol. The summed E-state index contributed by atoms with van der Waals surface area (Å²) < 4.78 is 3.41. The van der Waals surface area contributed by atoms with Crippen molar-refractivity contribution in [1.82, 2.24) is 4.57 Å². The van der Waals surface area contributed by atoms with Crippen LogP contribution in [0.2, 0.25) is 0 Å². The van der Waals surface area contributed by atoms with Crippen molar-refractivity contribution in [3.05, 3.63) is 153 Å². The van der Waals surface area contributed by atoms with E-state index in [4.69, 9.17) is 0 Å². The van der Waals surface area contributed by atoms with Gasteiger partial charge in [0.05, 0.1) is 33.9 Å². The molecule has 0 radical (unpaired) electrons. The van der Waals surface area contributed by atoms with Gasteiger partial charge in [-0.15, -0.1) is 0 Å². The minimum atomic E-state index is 0.231. The van der Waals surface area contributed by atoms with Crippen molar-refractivity contribution in [2.45, 2.75) is 12.3 Å². The molecule has 0 amide bonds. The highest BCUT2D eigenvalue weighted by atomic mass is 127. The van der Waals surface area contributed by atoms with Crippen molar-refractivity contribution in [1.29, 1.82) is 10.5 Å². The maximum absolute atomic E-state index is 10.0. The van der Waals surface area contributed by atoms with Crippen molar-refractivity contribution in [3.63, 3.8) is 0 Å². The molecular formula is C38H23IN4. The summed E-state index contributed by atoms with van der Waals surface area (Å²) in [4.78, 5) is 2.37. The van der Waals surface area contributed by atoms with Crippen LogP contribution in [0.4, 0.5) is 11.4 Å². The minimum Gasteiger partial charge on any atom is -0.313 e. The molecule has 5 aromatic carbocycles. The Hall–Kier alpha value is -5.11. The minimum absolute atomic E-state index is 0.231. The molecule has 1 aromatic heterocycles. The number of aromatic nitrogens is 1. The number of halogens is 1. The molecule has 1 atom stereocenters. The second-order valence-corrected chi connectivity index (χ2v) is 12.1. The summed E-state index contributed by atoms with van der Waals surface area (Å²) in [5.41, 5.74) is 11.4. The molecule has 6 aromatic rings. The molecule has 2 heterocycles. The van der Waals surface area contributed by atoms with Crippen molar-refractivity contribution in [3.8, 4) is 17.8 Å². The molecule has 43 heavy (non-hydrogen) atoms. The topological polar surface area (TPSA) is 55.8 Å². The third-order valence-electron chi connectivity index (χ3n) is 8.62. The van der Waals surface area contributed by atoms with Crippen LogP contribution in [0.15, 0.2) is 127 Å². The zero-order valence-electron chi connectivity index (χ0n) is 23.0. The van der Waals surface area contributed by atoms with E-state index < -0.39 is 0 Å². The number of rotatable bonds is 3. The largest absolute Gasteiger partial charge is 0.313 e. The van der Waals surface area contributed by atoms with Gasteiger partial charge in [0, 0.05) is 42.9 Å². The third kappa shape index (κ3) is 3.93. The maximum atomic E-state index is 10.0. The number of nitrogens with zero attached hydrogens (tertiary/aromatic N) is 4. The van der Waals surface area contributed by atoms with E-state index in [2.05, 4.69) is 117 Å². The Morgan fingerprint density at radius 2 is 1.51 bits per heavy atom. The number of nitriles is 2. The Balaban J connectivity index is 1.41. The molecule has 1 unspecified atom stereocenters. The quantitative estimate of drug-likeness (QED) is 0.177. The van der Waals surface area contributed by atoms with Gasteiger partial charge in [-0.05, 0) is 107 Å². The van der Waals surface area contributed by atoms with E-state index >= 15 is 0 Å². The highest BCUT2D eigenvalue weighted by Gasteiger charge is 2.37. The van der Waals surface area contributed by atoms with E-state index in [9.17, 15) is 10.5 Å². The van der Waals surface area contributed by atoms with Crippen LogP contribution in [0.5, 0.6) is 0 Å². The average Bonchev–Trinajstić information content (AvgIpc) is 3.57. The van der Waals surface area contributed by atoms with Crippen LogP contribution in [-0.4, -0.2) is 4.57 Å². The first-order valence-electron chi connectivity index (χ1n) is 14.2. The van der Waals surface area contributed by atoms with Gasteiger partial charge in [0.15, 0.2) is 0 Å². The average molecular weight is 663 g/mol. The lowest BCUT2D eigenvalue weighted by atomic mass is 9.86. The van der Waals surface area contributed by atoms with E-state index in [1.165, 1.54) is 31.5 Å². The van der Waals surface area contributed by atoms with Crippen LogP contribution in [-0.2, 0) is 0 Å². The molecule has 0 fully saturated rings. The van der Waals surface area contributed by atoms with E-state index in [-0.39, 0.29) is 5.92 Å². The summed E-state index contributed by atoms with van der Waals surface area (Å²) in [6.45, 7) is 0. The van der Waals surface area contributed by atoms with E-state index in [0.29, 0.717) is 11.1 Å². The van der Waals surface area contributed by atoms with Crippen molar-refractivity contribution < 1.29 is 0 Å². The van der Waals surface area contributed by atoms with Gasteiger partial charge in [-0.2, -0.15) is 10.5 Å². The lowest BCUT2D eigenvalue weighted by molar-refractivity contribution is 0.824. The first-order chi connectivity index (χ1) is 21.2. The number of hydrogen-bond donors (Lipinski definition) is 0. The normalized spacial score (nSPS) is 15.4. The van der Waals surface area contributed by atoms with Crippen molar-refractivity contribution in [2.24, 2.45) is 0 Å². The molecule has 0 bridgehead atoms. The van der Waals surface area contributed by atoms with Crippen molar-refractivity contribution >= 4 is 61.3 Å². The number of para-hydroxylation sites is 2. The lowest BCUT2D eigenvalue weighted by Gasteiger charge is -2.28. The number of fused-ring (bicyclic) bond motifs is 6. The lowest BCUT2D eigenvalue weighted by Crippen LogP contribution is -2.17. The molecule has 1 aliphatic carbocycles. The second-order valence-electron chi connectivity index (χ2n) is 10.9. The van der Waals surface area contributed by atoms with Crippen molar-refractivity contribution in [2.75, 3.05) is 4.90 Å². The zero-order valence-corrected chi connectivity index (χ0v) is 25.2. The third-order valence-corrected chi connectivity index (χ3v) is 9.29. The first kappa shape index (κ1) is 25.6. The fraction of sp³-hybridized carbons (Fsp3) is 0.0526. The molecule has 8 rings (SSSR count). The smallest absolute Gasteiger partial charge is 0.101 e. The van der Waals surface area contributed by atoms with Gasteiger partial charge in [-0.1, -0.05) is 54.6 Å². The van der Waals surface area contributed by atoms with Gasteiger partial charge in [-0.25, -0.2) is 0 Å². The summed E-state index contributed by atoms with van der Waals surface area (Å²) in [7, 11) is 0. The Morgan fingerprint density at radius 1 is 0.721 bits per heavy atom. The molecule has 0 N–H and O–H groups in total. The molecule has 202 valence electrons. The molecule has 2 aliphatic rings. The SMILES string of the molecule is N#Cc1ccc(N2C3=C(c4ccc5c6cc(I)ccc6n(-c6ccccc6C#N)c5c4)C=CCC3c3ccccc32)cc1. The molecular weight excluding hydrogens is 639 g/mol. The number of anilines is 2. The van der Waals surface area contributed by atoms with Gasteiger partial charge in [0.25, 0.3) is 0 Å². The van der Waals surface area contributed by atoms with Crippen LogP contribution in [0.25, 0.3) is 33.1 Å². The molecule has 0 saturated carbocycles. The fourth-order valence-electron chi connectivity index (χ4n) is 6.76. The van der Waals surface area contributed by atoms with Gasteiger partial charge in [0.2, 0.25) is 0 Å². The Labute approximate surface area is 263 Å². The zero-order chi connectivity index (χ0) is 29.1. The number of allylic oxidation sites excluding steroid dienone is 4. The van der Waals surface area contributed by atoms with Gasteiger partial charge < -0.3 is 9.47 Å². The Bertz CT molecular complexity index is 2260. The highest BCUT2D eigenvalue weighted by molar-refractivity contribution is 14.1. The van der Waals surface area contributed by atoms with Crippen LogP contribution >= 0.6 is 22.6 Å². The van der Waals surface area contributed by atoms with E-state index in [0.717, 1.165) is 39.8 Å². The molecule has 1 aliphatic heterocycles. The molecule has 5 heteroatoms. The van der Waals surface area contributed by atoms with Gasteiger partial charge >= 0.3 is 0 Å². The summed E-state index contributed by atoms with van der Waals surface area (Å²) in [5.74, 6) is 0.231. The number of hydrogen-bond acceptors (Lipinski definition) is 3. The van der Waals surface area contributed by atoms with Gasteiger partial charge in [-0.3, -0.25) is 0 Å². The monoisotopic (exact) mass is 662 g/mol. The van der Waals surface area contributed by atoms with Crippen LogP contribution < -0.4 is 4.90 Å². The number of benzene rings is 5. The highest BCUT2D eigenvalue weighted by Crippen LogP contribution is 2.53. The van der Waals surface area contributed by atoms with Crippen LogP contribution in [0.3, 0.4) is 0 Å². The summed E-state index contributed by atoms with van der Waals surface area (Å²) >= 11 is 2.37. The van der Waals surface area contributed by atoms with Crippen LogP contribution in [0.1, 0.15) is 34.6 Å². The maximum Gasteiger partial charge on any atom is 0.101 e. The van der Waals surface area contributed by atoms with Gasteiger partial charge in [0.1, 0.15) is 6.07 Å². The molecule has 0 spiro atoms. The Kier molecular flexibility index (Phi) is 5.96. The standard InChI is InChI=1S/C38H23IN4/c39-27-15-19-36-33(21-27)31-18-14-25(20-37(31)43(36)34-10-3-1-6-26(34)23-41)29-8-5-9-32-30-7-2-4-11-35(30)42(38(29)32)28-16-12-24(22-40)13-17-28/h1-8,10-21,32H,9H2. The summed E-state index contributed by atoms with van der Waals surface area (Å²) in [5, 5.41) is 21.8.